The Bertz CT molecular complexity index is 364. The second-order valence-corrected chi connectivity index (χ2v) is 4.64. The van der Waals surface area contributed by atoms with Gasteiger partial charge in [0.15, 0.2) is 0 Å². The van der Waals surface area contributed by atoms with E-state index in [1.165, 1.54) is 0 Å². The van der Waals surface area contributed by atoms with E-state index in [0.717, 1.165) is 38.2 Å². The SMILES string of the molecule is Cl.O=C(CN1CCCNCC1)NCc1ccccc1. The summed E-state index contributed by atoms with van der Waals surface area (Å²) in [5, 5.41) is 6.30. The Morgan fingerprint density at radius 2 is 2.00 bits per heavy atom. The molecule has 0 radical (unpaired) electrons. The molecule has 1 heterocycles. The molecule has 5 heteroatoms. The van der Waals surface area contributed by atoms with Crippen molar-refractivity contribution in [2.24, 2.45) is 0 Å². The van der Waals surface area contributed by atoms with Crippen LogP contribution >= 0.6 is 12.4 Å². The van der Waals surface area contributed by atoms with Crippen molar-refractivity contribution in [2.75, 3.05) is 32.7 Å². The Balaban J connectivity index is 0.00000180. The van der Waals surface area contributed by atoms with Gasteiger partial charge >= 0.3 is 0 Å². The minimum atomic E-state index is 0. The fourth-order valence-corrected chi connectivity index (χ4v) is 2.12. The van der Waals surface area contributed by atoms with E-state index >= 15 is 0 Å². The van der Waals surface area contributed by atoms with E-state index in [2.05, 4.69) is 15.5 Å². The first-order valence-corrected chi connectivity index (χ1v) is 6.58. The Morgan fingerprint density at radius 1 is 1.21 bits per heavy atom. The quantitative estimate of drug-likeness (QED) is 0.867. The summed E-state index contributed by atoms with van der Waals surface area (Å²) in [6.45, 7) is 5.12. The normalized spacial score (nSPS) is 16.2. The van der Waals surface area contributed by atoms with Crippen molar-refractivity contribution in [3.8, 4) is 0 Å². The van der Waals surface area contributed by atoms with E-state index in [0.29, 0.717) is 13.1 Å². The first-order valence-electron chi connectivity index (χ1n) is 6.58. The number of rotatable bonds is 4. The monoisotopic (exact) mass is 283 g/mol. The van der Waals surface area contributed by atoms with Gasteiger partial charge in [-0.05, 0) is 25.1 Å². The summed E-state index contributed by atoms with van der Waals surface area (Å²) in [4.78, 5) is 14.0. The van der Waals surface area contributed by atoms with Crippen LogP contribution in [0.5, 0.6) is 0 Å². The lowest BCUT2D eigenvalue weighted by molar-refractivity contribution is -0.122. The van der Waals surface area contributed by atoms with Crippen molar-refractivity contribution in [1.82, 2.24) is 15.5 Å². The van der Waals surface area contributed by atoms with Gasteiger partial charge < -0.3 is 10.6 Å². The third-order valence-electron chi connectivity index (χ3n) is 3.13. The Morgan fingerprint density at radius 3 is 2.79 bits per heavy atom. The van der Waals surface area contributed by atoms with Gasteiger partial charge in [0, 0.05) is 19.6 Å². The van der Waals surface area contributed by atoms with E-state index in [-0.39, 0.29) is 18.3 Å². The van der Waals surface area contributed by atoms with Crippen molar-refractivity contribution in [2.45, 2.75) is 13.0 Å². The summed E-state index contributed by atoms with van der Waals surface area (Å²) in [5.41, 5.74) is 1.14. The molecule has 0 aliphatic carbocycles. The zero-order chi connectivity index (χ0) is 12.6. The van der Waals surface area contributed by atoms with Crippen LogP contribution in [0.2, 0.25) is 0 Å². The van der Waals surface area contributed by atoms with Gasteiger partial charge in [0.1, 0.15) is 0 Å². The first kappa shape index (κ1) is 16.0. The highest BCUT2D eigenvalue weighted by Crippen LogP contribution is 1.98. The maximum Gasteiger partial charge on any atom is 0.234 e. The molecule has 19 heavy (non-hydrogen) atoms. The van der Waals surface area contributed by atoms with Gasteiger partial charge in [-0.2, -0.15) is 0 Å². The van der Waals surface area contributed by atoms with Crippen molar-refractivity contribution in [3.05, 3.63) is 35.9 Å². The molecular formula is C14H22ClN3O. The zero-order valence-electron chi connectivity index (χ0n) is 11.1. The van der Waals surface area contributed by atoms with Crippen LogP contribution < -0.4 is 10.6 Å². The molecule has 2 N–H and O–H groups in total. The molecule has 1 aliphatic heterocycles. The summed E-state index contributed by atoms with van der Waals surface area (Å²) in [6.07, 6.45) is 1.12. The Kier molecular flexibility index (Phi) is 7.48. The molecule has 0 unspecified atom stereocenters. The van der Waals surface area contributed by atoms with Crippen LogP contribution in [-0.2, 0) is 11.3 Å². The fraction of sp³-hybridized carbons (Fsp3) is 0.500. The van der Waals surface area contributed by atoms with Gasteiger partial charge in [-0.1, -0.05) is 30.3 Å². The minimum Gasteiger partial charge on any atom is -0.351 e. The number of hydrogen-bond donors (Lipinski definition) is 2. The first-order chi connectivity index (χ1) is 8.84. The highest BCUT2D eigenvalue weighted by atomic mass is 35.5. The van der Waals surface area contributed by atoms with Crippen molar-refractivity contribution in [3.63, 3.8) is 0 Å². The zero-order valence-corrected chi connectivity index (χ0v) is 11.9. The molecule has 0 atom stereocenters. The maximum absolute atomic E-state index is 11.8. The predicted octanol–water partition coefficient (Wildman–Crippen LogP) is 1.02. The molecule has 0 bridgehead atoms. The van der Waals surface area contributed by atoms with Gasteiger partial charge in [-0.15, -0.1) is 12.4 Å². The van der Waals surface area contributed by atoms with Gasteiger partial charge in [0.2, 0.25) is 5.91 Å². The second kappa shape index (κ2) is 8.91. The van der Waals surface area contributed by atoms with E-state index in [1.807, 2.05) is 30.3 Å². The number of amides is 1. The van der Waals surface area contributed by atoms with Crippen LogP contribution in [0.15, 0.2) is 30.3 Å². The smallest absolute Gasteiger partial charge is 0.234 e. The second-order valence-electron chi connectivity index (χ2n) is 4.64. The standard InChI is InChI=1S/C14H21N3O.ClH/c18-14(12-17-9-4-7-15-8-10-17)16-11-13-5-2-1-3-6-13;/h1-3,5-6,15H,4,7-12H2,(H,16,18);1H. The summed E-state index contributed by atoms with van der Waals surface area (Å²) in [6, 6.07) is 10.0. The molecule has 0 saturated carbocycles. The van der Waals surface area contributed by atoms with Crippen LogP contribution in [0, 0.1) is 0 Å². The van der Waals surface area contributed by atoms with E-state index in [4.69, 9.17) is 0 Å². The molecular weight excluding hydrogens is 262 g/mol. The molecule has 0 spiro atoms. The highest BCUT2D eigenvalue weighted by molar-refractivity contribution is 5.85. The summed E-state index contributed by atoms with van der Waals surface area (Å²) >= 11 is 0. The highest BCUT2D eigenvalue weighted by Gasteiger charge is 2.12. The Hall–Kier alpha value is -1.10. The van der Waals surface area contributed by atoms with Gasteiger partial charge in [-0.25, -0.2) is 0 Å². The number of benzene rings is 1. The van der Waals surface area contributed by atoms with E-state index < -0.39 is 0 Å². The number of carbonyl (C=O) groups excluding carboxylic acids is 1. The number of halogens is 1. The minimum absolute atomic E-state index is 0. The molecule has 1 amide bonds. The molecule has 0 aromatic heterocycles. The van der Waals surface area contributed by atoms with Crippen LogP contribution in [0.1, 0.15) is 12.0 Å². The van der Waals surface area contributed by atoms with Gasteiger partial charge in [-0.3, -0.25) is 9.69 Å². The Labute approximate surface area is 121 Å². The van der Waals surface area contributed by atoms with Crippen molar-refractivity contribution < 1.29 is 4.79 Å². The van der Waals surface area contributed by atoms with Gasteiger partial charge in [0.25, 0.3) is 0 Å². The summed E-state index contributed by atoms with van der Waals surface area (Å²) in [7, 11) is 0. The average Bonchev–Trinajstić information content (AvgIpc) is 2.66. The number of nitrogens with one attached hydrogen (secondary N) is 2. The summed E-state index contributed by atoms with van der Waals surface area (Å²) in [5.74, 6) is 0.112. The van der Waals surface area contributed by atoms with E-state index in [1.54, 1.807) is 0 Å². The number of carbonyl (C=O) groups is 1. The maximum atomic E-state index is 11.8. The fourth-order valence-electron chi connectivity index (χ4n) is 2.12. The summed E-state index contributed by atoms with van der Waals surface area (Å²) < 4.78 is 0. The lowest BCUT2D eigenvalue weighted by Crippen LogP contribution is -2.38. The van der Waals surface area contributed by atoms with Gasteiger partial charge in [0.05, 0.1) is 6.54 Å². The predicted molar refractivity (Wildman–Crippen MR) is 79.5 cm³/mol. The van der Waals surface area contributed by atoms with Crippen LogP contribution in [-0.4, -0.2) is 43.5 Å². The molecule has 1 aliphatic rings. The molecule has 4 nitrogen and oxygen atoms in total. The lowest BCUT2D eigenvalue weighted by Gasteiger charge is -2.18. The number of nitrogens with zero attached hydrogens (tertiary/aromatic N) is 1. The molecule has 2 rings (SSSR count). The van der Waals surface area contributed by atoms with Crippen LogP contribution in [0.3, 0.4) is 0 Å². The van der Waals surface area contributed by atoms with Crippen molar-refractivity contribution in [1.29, 1.82) is 0 Å². The lowest BCUT2D eigenvalue weighted by atomic mass is 10.2. The largest absolute Gasteiger partial charge is 0.351 e. The molecule has 1 aromatic rings. The molecule has 1 fully saturated rings. The molecule has 106 valence electrons. The molecule has 1 saturated heterocycles. The van der Waals surface area contributed by atoms with Crippen LogP contribution in [0.4, 0.5) is 0 Å². The topological polar surface area (TPSA) is 44.4 Å². The average molecular weight is 284 g/mol. The van der Waals surface area contributed by atoms with E-state index in [9.17, 15) is 4.79 Å². The van der Waals surface area contributed by atoms with Crippen molar-refractivity contribution >= 4 is 18.3 Å². The van der Waals surface area contributed by atoms with Crippen LogP contribution in [0.25, 0.3) is 0 Å². The third-order valence-corrected chi connectivity index (χ3v) is 3.13. The third kappa shape index (κ3) is 6.05. The molecule has 1 aromatic carbocycles. The number of hydrogen-bond acceptors (Lipinski definition) is 3.